The fraction of sp³-hybridized carbons (Fsp3) is 0.733. The molecule has 1 aromatic rings. The van der Waals surface area contributed by atoms with E-state index in [0.717, 1.165) is 38.0 Å². The van der Waals surface area contributed by atoms with E-state index in [9.17, 15) is 9.90 Å². The molecule has 4 unspecified atom stereocenters. The molecule has 0 spiro atoms. The summed E-state index contributed by atoms with van der Waals surface area (Å²) in [5, 5.41) is 12.9. The maximum Gasteiger partial charge on any atom is 0.308 e. The molecule has 0 saturated heterocycles. The van der Waals surface area contributed by atoms with E-state index in [-0.39, 0.29) is 12.0 Å². The van der Waals surface area contributed by atoms with E-state index in [1.807, 2.05) is 12.5 Å². The Kier molecular flexibility index (Phi) is 3.78. The van der Waals surface area contributed by atoms with Crippen LogP contribution in [0.5, 0.6) is 0 Å². The second kappa shape index (κ2) is 5.56. The van der Waals surface area contributed by atoms with Gasteiger partial charge in [-0.1, -0.05) is 6.92 Å². The molecule has 20 heavy (non-hydrogen) atoms. The molecule has 0 aliphatic heterocycles. The van der Waals surface area contributed by atoms with Gasteiger partial charge in [-0.15, -0.1) is 0 Å². The Bertz CT molecular complexity index is 485. The minimum absolute atomic E-state index is 0.135. The van der Waals surface area contributed by atoms with Crippen molar-refractivity contribution in [3.05, 3.63) is 18.2 Å². The zero-order valence-corrected chi connectivity index (χ0v) is 12.0. The van der Waals surface area contributed by atoms with Gasteiger partial charge in [0.2, 0.25) is 0 Å². The van der Waals surface area contributed by atoms with E-state index in [1.54, 1.807) is 0 Å². The standard InChI is InChI=1S/C15H23N3O2/c1-2-5-18-9-16-7-12(18)8-17-14-11-4-3-10(6-11)13(14)15(19)20/h7,9-11,13-14,17H,2-6,8H2,1H3,(H,19,20). The normalized spacial score (nSPS) is 31.9. The van der Waals surface area contributed by atoms with E-state index in [4.69, 9.17) is 0 Å². The molecule has 3 rings (SSSR count). The molecule has 1 heterocycles. The van der Waals surface area contributed by atoms with Crippen molar-refractivity contribution in [2.45, 2.75) is 51.7 Å². The lowest BCUT2D eigenvalue weighted by atomic mass is 9.84. The zero-order valence-electron chi connectivity index (χ0n) is 12.0. The van der Waals surface area contributed by atoms with E-state index in [1.165, 1.54) is 6.42 Å². The smallest absolute Gasteiger partial charge is 0.308 e. The molecule has 0 aromatic carbocycles. The van der Waals surface area contributed by atoms with E-state index >= 15 is 0 Å². The number of aryl methyl sites for hydroxylation is 1. The number of aliphatic carboxylic acids is 1. The largest absolute Gasteiger partial charge is 0.481 e. The predicted molar refractivity (Wildman–Crippen MR) is 75.1 cm³/mol. The van der Waals surface area contributed by atoms with Gasteiger partial charge in [0, 0.05) is 25.3 Å². The van der Waals surface area contributed by atoms with Crippen molar-refractivity contribution >= 4 is 5.97 Å². The molecule has 2 fully saturated rings. The summed E-state index contributed by atoms with van der Waals surface area (Å²) in [7, 11) is 0. The molecule has 4 atom stereocenters. The highest BCUT2D eigenvalue weighted by atomic mass is 16.4. The molecule has 1 aromatic heterocycles. The quantitative estimate of drug-likeness (QED) is 0.833. The van der Waals surface area contributed by atoms with Crippen LogP contribution in [0.25, 0.3) is 0 Å². The number of hydrogen-bond donors (Lipinski definition) is 2. The van der Waals surface area contributed by atoms with Crippen molar-refractivity contribution in [2.24, 2.45) is 17.8 Å². The summed E-state index contributed by atoms with van der Waals surface area (Å²) in [6.07, 6.45) is 8.17. The van der Waals surface area contributed by atoms with Gasteiger partial charge in [-0.25, -0.2) is 4.98 Å². The SMILES string of the molecule is CCCn1cncc1CNC1C2CCC(C2)C1C(=O)O. The number of aromatic nitrogens is 2. The maximum atomic E-state index is 11.5. The molecule has 2 aliphatic carbocycles. The van der Waals surface area contributed by atoms with Crippen LogP contribution in [0.4, 0.5) is 0 Å². The Morgan fingerprint density at radius 2 is 2.30 bits per heavy atom. The van der Waals surface area contributed by atoms with Crippen LogP contribution >= 0.6 is 0 Å². The molecular weight excluding hydrogens is 254 g/mol. The molecule has 2 aliphatic rings. The van der Waals surface area contributed by atoms with Crippen molar-refractivity contribution < 1.29 is 9.90 Å². The Morgan fingerprint density at radius 1 is 1.50 bits per heavy atom. The molecule has 2 bridgehead atoms. The molecular formula is C15H23N3O2. The van der Waals surface area contributed by atoms with Crippen molar-refractivity contribution in [1.29, 1.82) is 0 Å². The Balaban J connectivity index is 1.65. The number of fused-ring (bicyclic) bond motifs is 2. The maximum absolute atomic E-state index is 11.5. The van der Waals surface area contributed by atoms with Crippen molar-refractivity contribution in [3.63, 3.8) is 0 Å². The number of imidazole rings is 1. The first-order valence-electron chi connectivity index (χ1n) is 7.66. The molecule has 5 heteroatoms. The Labute approximate surface area is 119 Å². The second-order valence-electron chi connectivity index (χ2n) is 6.18. The first-order valence-corrected chi connectivity index (χ1v) is 7.66. The molecule has 0 radical (unpaired) electrons. The Morgan fingerprint density at radius 3 is 3.05 bits per heavy atom. The van der Waals surface area contributed by atoms with Gasteiger partial charge in [0.1, 0.15) is 0 Å². The lowest BCUT2D eigenvalue weighted by Gasteiger charge is -2.29. The number of rotatable bonds is 6. The second-order valence-corrected chi connectivity index (χ2v) is 6.18. The summed E-state index contributed by atoms with van der Waals surface area (Å²) >= 11 is 0. The van der Waals surface area contributed by atoms with Crippen LogP contribution in [-0.2, 0) is 17.9 Å². The van der Waals surface area contributed by atoms with Crippen LogP contribution in [0.1, 0.15) is 38.3 Å². The van der Waals surface area contributed by atoms with Crippen LogP contribution in [0.15, 0.2) is 12.5 Å². The highest BCUT2D eigenvalue weighted by Gasteiger charge is 2.50. The third-order valence-electron chi connectivity index (χ3n) is 4.98. The van der Waals surface area contributed by atoms with Crippen molar-refractivity contribution in [2.75, 3.05) is 0 Å². The molecule has 5 nitrogen and oxygen atoms in total. The molecule has 0 amide bonds. The van der Waals surface area contributed by atoms with Gasteiger partial charge in [-0.2, -0.15) is 0 Å². The van der Waals surface area contributed by atoms with Crippen LogP contribution in [0, 0.1) is 17.8 Å². The van der Waals surface area contributed by atoms with Crippen molar-refractivity contribution in [1.82, 2.24) is 14.9 Å². The van der Waals surface area contributed by atoms with Gasteiger partial charge in [-0.05, 0) is 37.5 Å². The summed E-state index contributed by atoms with van der Waals surface area (Å²) in [4.78, 5) is 15.7. The van der Waals surface area contributed by atoms with E-state index in [2.05, 4.69) is 21.8 Å². The predicted octanol–water partition coefficient (Wildman–Crippen LogP) is 1.88. The topological polar surface area (TPSA) is 67.2 Å². The third-order valence-corrected chi connectivity index (χ3v) is 4.98. The van der Waals surface area contributed by atoms with Gasteiger partial charge in [0.15, 0.2) is 0 Å². The zero-order chi connectivity index (χ0) is 14.1. The average Bonchev–Trinajstić information content (AvgIpc) is 3.11. The van der Waals surface area contributed by atoms with Gasteiger partial charge in [-0.3, -0.25) is 4.79 Å². The highest BCUT2D eigenvalue weighted by Crippen LogP contribution is 2.48. The summed E-state index contributed by atoms with van der Waals surface area (Å²) in [6.45, 7) is 3.83. The van der Waals surface area contributed by atoms with Crippen LogP contribution in [0.2, 0.25) is 0 Å². The fourth-order valence-corrected chi connectivity index (χ4v) is 4.10. The summed E-state index contributed by atoms with van der Waals surface area (Å²) < 4.78 is 2.15. The number of nitrogens with zero attached hydrogens (tertiary/aromatic N) is 2. The molecule has 2 saturated carbocycles. The van der Waals surface area contributed by atoms with E-state index < -0.39 is 5.97 Å². The summed E-state index contributed by atoms with van der Waals surface area (Å²) in [5.41, 5.74) is 1.15. The third kappa shape index (κ3) is 2.35. The van der Waals surface area contributed by atoms with Gasteiger partial charge >= 0.3 is 5.97 Å². The summed E-state index contributed by atoms with van der Waals surface area (Å²) in [6, 6.07) is 0.135. The van der Waals surface area contributed by atoms with Crippen molar-refractivity contribution in [3.8, 4) is 0 Å². The number of carboxylic acid groups (broad SMARTS) is 1. The van der Waals surface area contributed by atoms with Gasteiger partial charge in [0.05, 0.1) is 17.9 Å². The van der Waals surface area contributed by atoms with Gasteiger partial charge < -0.3 is 15.0 Å². The summed E-state index contributed by atoms with van der Waals surface area (Å²) in [5.74, 6) is 0.104. The first kappa shape index (κ1) is 13.6. The Hall–Kier alpha value is -1.36. The van der Waals surface area contributed by atoms with E-state index in [0.29, 0.717) is 11.8 Å². The van der Waals surface area contributed by atoms with Crippen LogP contribution in [-0.4, -0.2) is 26.7 Å². The van der Waals surface area contributed by atoms with Crippen LogP contribution in [0.3, 0.4) is 0 Å². The van der Waals surface area contributed by atoms with Gasteiger partial charge in [0.25, 0.3) is 0 Å². The fourth-order valence-electron chi connectivity index (χ4n) is 4.10. The minimum atomic E-state index is -0.628. The monoisotopic (exact) mass is 277 g/mol. The number of carbonyl (C=O) groups is 1. The highest BCUT2D eigenvalue weighted by molar-refractivity contribution is 5.72. The average molecular weight is 277 g/mol. The number of carboxylic acids is 1. The number of nitrogens with one attached hydrogen (secondary N) is 1. The lowest BCUT2D eigenvalue weighted by molar-refractivity contribution is -0.144. The van der Waals surface area contributed by atoms with Crippen LogP contribution < -0.4 is 5.32 Å². The first-order chi connectivity index (χ1) is 9.70. The number of hydrogen-bond acceptors (Lipinski definition) is 3. The molecule has 110 valence electrons. The molecule has 2 N–H and O–H groups in total. The lowest BCUT2D eigenvalue weighted by Crippen LogP contribution is -2.44. The minimum Gasteiger partial charge on any atom is -0.481 e.